The normalized spacial score (nSPS) is 11.6. The van der Waals surface area contributed by atoms with Crippen LogP contribution < -0.4 is 10.2 Å². The summed E-state index contributed by atoms with van der Waals surface area (Å²) in [6.45, 7) is 0.205. The number of sulfonamides is 1. The first kappa shape index (κ1) is 13.5. The third-order valence-electron chi connectivity index (χ3n) is 2.67. The molecule has 2 rings (SSSR count). The Bertz CT molecular complexity index is 717. The Morgan fingerprint density at radius 3 is 2.84 bits per heavy atom. The molecule has 0 radical (unpaired) electrons. The zero-order valence-electron chi connectivity index (χ0n) is 10.3. The van der Waals surface area contributed by atoms with Gasteiger partial charge in [-0.3, -0.25) is 9.48 Å². The molecule has 2 aromatic heterocycles. The number of H-pyrrole nitrogens is 1. The topological polar surface area (TPSA) is 96.8 Å². The molecule has 102 valence electrons. The molecule has 0 amide bonds. The molecule has 2 N–H and O–H groups in total. The third kappa shape index (κ3) is 3.09. The largest absolute Gasteiger partial charge is 0.366 e. The second-order valence-corrected chi connectivity index (χ2v) is 5.70. The van der Waals surface area contributed by atoms with E-state index in [9.17, 15) is 13.2 Å². The van der Waals surface area contributed by atoms with Crippen LogP contribution in [0.4, 0.5) is 0 Å². The van der Waals surface area contributed by atoms with E-state index in [1.165, 1.54) is 18.5 Å². The van der Waals surface area contributed by atoms with Gasteiger partial charge in [-0.25, -0.2) is 13.1 Å². The summed E-state index contributed by atoms with van der Waals surface area (Å²) in [5, 5.41) is 3.99. The van der Waals surface area contributed by atoms with Crippen molar-refractivity contribution < 1.29 is 8.42 Å². The average Bonchev–Trinajstić information content (AvgIpc) is 2.75. The maximum Gasteiger partial charge on any atom is 0.245 e. The summed E-state index contributed by atoms with van der Waals surface area (Å²) in [5.74, 6) is 0. The highest BCUT2D eigenvalue weighted by Gasteiger charge is 2.16. The van der Waals surface area contributed by atoms with Crippen molar-refractivity contribution in [2.24, 2.45) is 7.05 Å². The molecular formula is C11H14N4O3S. The minimum Gasteiger partial charge on any atom is -0.366 e. The van der Waals surface area contributed by atoms with Crippen molar-refractivity contribution in [1.29, 1.82) is 0 Å². The van der Waals surface area contributed by atoms with E-state index < -0.39 is 15.5 Å². The first-order chi connectivity index (χ1) is 9.00. The van der Waals surface area contributed by atoms with Gasteiger partial charge in [0.25, 0.3) is 0 Å². The number of aromatic nitrogens is 3. The minimum absolute atomic E-state index is 0.205. The Hall–Kier alpha value is -1.93. The summed E-state index contributed by atoms with van der Waals surface area (Å²) >= 11 is 0. The van der Waals surface area contributed by atoms with E-state index in [0.29, 0.717) is 6.42 Å². The molecule has 0 unspecified atom stereocenters. The Morgan fingerprint density at radius 1 is 1.42 bits per heavy atom. The molecule has 0 spiro atoms. The van der Waals surface area contributed by atoms with Gasteiger partial charge in [-0.05, 0) is 6.07 Å². The SMILES string of the molecule is Cn1nccc1CCNS(=O)(=O)c1c[nH]ccc1=O. The molecule has 0 atom stereocenters. The highest BCUT2D eigenvalue weighted by molar-refractivity contribution is 7.89. The Kier molecular flexibility index (Phi) is 3.82. The van der Waals surface area contributed by atoms with E-state index in [1.807, 2.05) is 6.07 Å². The highest BCUT2D eigenvalue weighted by Crippen LogP contribution is 2.01. The third-order valence-corrected chi connectivity index (χ3v) is 4.16. The number of aromatic amines is 1. The number of hydrogen-bond donors (Lipinski definition) is 2. The van der Waals surface area contributed by atoms with Gasteiger partial charge in [0.05, 0.1) is 0 Å². The van der Waals surface area contributed by atoms with Crippen molar-refractivity contribution in [3.05, 3.63) is 46.6 Å². The van der Waals surface area contributed by atoms with Gasteiger partial charge >= 0.3 is 0 Å². The van der Waals surface area contributed by atoms with Gasteiger partial charge in [0, 0.05) is 50.4 Å². The minimum atomic E-state index is -3.78. The molecule has 0 saturated carbocycles. The number of nitrogens with zero attached hydrogens (tertiary/aromatic N) is 2. The Morgan fingerprint density at radius 2 is 2.21 bits per heavy atom. The molecule has 0 fully saturated rings. The molecule has 2 heterocycles. The number of hydrogen-bond acceptors (Lipinski definition) is 4. The van der Waals surface area contributed by atoms with Crippen LogP contribution in [0, 0.1) is 0 Å². The number of aryl methyl sites for hydroxylation is 1. The lowest BCUT2D eigenvalue weighted by Crippen LogP contribution is -2.30. The number of nitrogens with one attached hydrogen (secondary N) is 2. The lowest BCUT2D eigenvalue weighted by molar-refractivity contribution is 0.578. The van der Waals surface area contributed by atoms with Gasteiger partial charge < -0.3 is 4.98 Å². The van der Waals surface area contributed by atoms with Gasteiger partial charge in [-0.1, -0.05) is 0 Å². The second kappa shape index (κ2) is 5.37. The van der Waals surface area contributed by atoms with Gasteiger partial charge in [0.15, 0.2) is 0 Å². The smallest absolute Gasteiger partial charge is 0.245 e. The van der Waals surface area contributed by atoms with E-state index in [2.05, 4.69) is 14.8 Å². The van der Waals surface area contributed by atoms with Crippen LogP contribution in [0.3, 0.4) is 0 Å². The summed E-state index contributed by atoms with van der Waals surface area (Å²) in [5.41, 5.74) is 0.372. The van der Waals surface area contributed by atoms with E-state index >= 15 is 0 Å². The first-order valence-corrected chi connectivity index (χ1v) is 7.13. The van der Waals surface area contributed by atoms with Crippen molar-refractivity contribution in [1.82, 2.24) is 19.5 Å². The molecule has 0 saturated heterocycles. The van der Waals surface area contributed by atoms with Gasteiger partial charge in [-0.15, -0.1) is 0 Å². The summed E-state index contributed by atoms with van der Waals surface area (Å²) in [6, 6.07) is 2.99. The fraction of sp³-hybridized carbons (Fsp3) is 0.273. The van der Waals surface area contributed by atoms with E-state index in [0.717, 1.165) is 5.69 Å². The number of rotatable bonds is 5. The van der Waals surface area contributed by atoms with Gasteiger partial charge in [0.1, 0.15) is 4.90 Å². The average molecular weight is 282 g/mol. The lowest BCUT2D eigenvalue weighted by atomic mass is 10.3. The monoisotopic (exact) mass is 282 g/mol. The highest BCUT2D eigenvalue weighted by atomic mass is 32.2. The zero-order chi connectivity index (χ0) is 13.9. The lowest BCUT2D eigenvalue weighted by Gasteiger charge is -2.06. The molecule has 19 heavy (non-hydrogen) atoms. The summed E-state index contributed by atoms with van der Waals surface area (Å²) in [6.07, 6.45) is 4.71. The quantitative estimate of drug-likeness (QED) is 0.782. The Labute approximate surface area is 110 Å². The molecule has 8 heteroatoms. The van der Waals surface area contributed by atoms with E-state index in [4.69, 9.17) is 0 Å². The van der Waals surface area contributed by atoms with Crippen molar-refractivity contribution in [3.63, 3.8) is 0 Å². The molecule has 0 bridgehead atoms. The van der Waals surface area contributed by atoms with Crippen LogP contribution in [0.25, 0.3) is 0 Å². The van der Waals surface area contributed by atoms with Crippen LogP contribution in [0.5, 0.6) is 0 Å². The van der Waals surface area contributed by atoms with Gasteiger partial charge in [0.2, 0.25) is 15.5 Å². The number of pyridine rings is 1. The van der Waals surface area contributed by atoms with Crippen LogP contribution in [-0.4, -0.2) is 29.7 Å². The van der Waals surface area contributed by atoms with Crippen molar-refractivity contribution >= 4 is 10.0 Å². The summed E-state index contributed by atoms with van der Waals surface area (Å²) < 4.78 is 27.9. The maximum atomic E-state index is 11.9. The summed E-state index contributed by atoms with van der Waals surface area (Å²) in [7, 11) is -2.00. The first-order valence-electron chi connectivity index (χ1n) is 5.64. The fourth-order valence-electron chi connectivity index (χ4n) is 1.65. The second-order valence-electron chi connectivity index (χ2n) is 3.97. The predicted molar refractivity (Wildman–Crippen MR) is 69.2 cm³/mol. The fourth-order valence-corrected chi connectivity index (χ4v) is 2.73. The Balaban J connectivity index is 2.05. The van der Waals surface area contributed by atoms with Crippen LogP contribution in [-0.2, 0) is 23.5 Å². The zero-order valence-corrected chi connectivity index (χ0v) is 11.1. The van der Waals surface area contributed by atoms with Gasteiger partial charge in [-0.2, -0.15) is 5.10 Å². The molecule has 0 aliphatic carbocycles. The van der Waals surface area contributed by atoms with E-state index in [1.54, 1.807) is 17.9 Å². The molecule has 0 aromatic carbocycles. The van der Waals surface area contributed by atoms with E-state index in [-0.39, 0.29) is 11.4 Å². The van der Waals surface area contributed by atoms with Crippen molar-refractivity contribution in [3.8, 4) is 0 Å². The van der Waals surface area contributed by atoms with Crippen LogP contribution in [0.1, 0.15) is 5.69 Å². The summed E-state index contributed by atoms with van der Waals surface area (Å²) in [4.78, 5) is 13.8. The molecule has 2 aromatic rings. The molecule has 7 nitrogen and oxygen atoms in total. The maximum absolute atomic E-state index is 11.9. The molecule has 0 aliphatic rings. The van der Waals surface area contributed by atoms with Crippen LogP contribution >= 0.6 is 0 Å². The molecular weight excluding hydrogens is 268 g/mol. The van der Waals surface area contributed by atoms with Crippen molar-refractivity contribution in [2.75, 3.05) is 6.54 Å². The van der Waals surface area contributed by atoms with Crippen LogP contribution in [0.2, 0.25) is 0 Å². The van der Waals surface area contributed by atoms with Crippen molar-refractivity contribution in [2.45, 2.75) is 11.3 Å². The molecule has 0 aliphatic heterocycles. The standard InChI is InChI=1S/C11H14N4O3S/c1-15-9(2-6-13-15)3-7-14-19(17,18)11-8-12-5-4-10(11)16/h2,4-6,8,14H,3,7H2,1H3,(H,12,16). The van der Waals surface area contributed by atoms with Crippen LogP contribution in [0.15, 0.2) is 40.4 Å². The predicted octanol–water partition coefficient (Wildman–Crippen LogP) is -0.371.